The molecule has 1 aliphatic rings. The van der Waals surface area contributed by atoms with Crippen molar-refractivity contribution in [1.82, 2.24) is 10.2 Å². The summed E-state index contributed by atoms with van der Waals surface area (Å²) in [6.07, 6.45) is -2.11. The van der Waals surface area contributed by atoms with E-state index in [4.69, 9.17) is 0 Å². The maximum absolute atomic E-state index is 12.0. The number of carbonyl (C=O) groups excluding carboxylic acids is 1. The van der Waals surface area contributed by atoms with E-state index < -0.39 is 24.9 Å². The summed E-state index contributed by atoms with van der Waals surface area (Å²) in [7, 11) is 0. The zero-order valence-corrected chi connectivity index (χ0v) is 10.3. The SMILES string of the molecule is CC(O)CC1CCCCN1C(=O)NCC(F)(F)F. The van der Waals surface area contributed by atoms with E-state index in [2.05, 4.69) is 0 Å². The number of likely N-dealkylation sites (tertiary alicyclic amines) is 1. The fourth-order valence-electron chi connectivity index (χ4n) is 2.18. The van der Waals surface area contributed by atoms with E-state index in [1.54, 1.807) is 6.92 Å². The summed E-state index contributed by atoms with van der Waals surface area (Å²) in [5.41, 5.74) is 0. The van der Waals surface area contributed by atoms with E-state index in [0.717, 1.165) is 19.3 Å². The van der Waals surface area contributed by atoms with E-state index in [1.807, 2.05) is 5.32 Å². The lowest BCUT2D eigenvalue weighted by Gasteiger charge is -2.36. The Morgan fingerprint density at radius 1 is 1.50 bits per heavy atom. The van der Waals surface area contributed by atoms with Crippen molar-refractivity contribution in [3.05, 3.63) is 0 Å². The standard InChI is InChI=1S/C11H19F3N2O2/c1-8(17)6-9-4-2-3-5-16(9)10(18)15-7-11(12,13)14/h8-9,17H,2-7H2,1H3,(H,15,18). The fourth-order valence-corrected chi connectivity index (χ4v) is 2.18. The number of nitrogens with zero attached hydrogens (tertiary/aromatic N) is 1. The van der Waals surface area contributed by atoms with Crippen molar-refractivity contribution < 1.29 is 23.1 Å². The van der Waals surface area contributed by atoms with Gasteiger partial charge in [-0.05, 0) is 32.6 Å². The van der Waals surface area contributed by atoms with Gasteiger partial charge in [0.25, 0.3) is 0 Å². The molecule has 0 aromatic rings. The van der Waals surface area contributed by atoms with Gasteiger partial charge in [-0.3, -0.25) is 0 Å². The number of hydrogen-bond acceptors (Lipinski definition) is 2. The van der Waals surface area contributed by atoms with Crippen LogP contribution >= 0.6 is 0 Å². The second-order valence-electron chi connectivity index (χ2n) is 4.70. The van der Waals surface area contributed by atoms with Crippen molar-refractivity contribution in [3.8, 4) is 0 Å². The van der Waals surface area contributed by atoms with Crippen LogP contribution in [0.1, 0.15) is 32.6 Å². The molecule has 18 heavy (non-hydrogen) atoms. The van der Waals surface area contributed by atoms with E-state index in [0.29, 0.717) is 13.0 Å². The summed E-state index contributed by atoms with van der Waals surface area (Å²) in [5, 5.41) is 11.2. The van der Waals surface area contributed by atoms with Crippen molar-refractivity contribution >= 4 is 6.03 Å². The molecule has 2 atom stereocenters. The molecule has 2 N–H and O–H groups in total. The van der Waals surface area contributed by atoms with Crippen LogP contribution in [0.3, 0.4) is 0 Å². The molecular formula is C11H19F3N2O2. The zero-order valence-electron chi connectivity index (χ0n) is 10.3. The number of alkyl halides is 3. The molecule has 2 amide bonds. The third-order valence-corrected chi connectivity index (χ3v) is 2.94. The average Bonchev–Trinajstić information content (AvgIpc) is 2.25. The minimum atomic E-state index is -4.40. The maximum atomic E-state index is 12.0. The predicted octanol–water partition coefficient (Wildman–Crippen LogP) is 1.88. The van der Waals surface area contributed by atoms with Gasteiger partial charge in [0, 0.05) is 12.6 Å². The minimum absolute atomic E-state index is 0.174. The number of amides is 2. The molecule has 1 fully saturated rings. The monoisotopic (exact) mass is 268 g/mol. The van der Waals surface area contributed by atoms with Gasteiger partial charge in [0.05, 0.1) is 6.10 Å². The molecular weight excluding hydrogens is 249 g/mol. The van der Waals surface area contributed by atoms with Crippen LogP contribution in [-0.4, -0.2) is 47.4 Å². The van der Waals surface area contributed by atoms with E-state index in [1.165, 1.54) is 4.90 Å². The molecule has 4 nitrogen and oxygen atoms in total. The third-order valence-electron chi connectivity index (χ3n) is 2.94. The summed E-state index contributed by atoms with van der Waals surface area (Å²) in [4.78, 5) is 13.1. The van der Waals surface area contributed by atoms with Crippen molar-refractivity contribution in [2.24, 2.45) is 0 Å². The van der Waals surface area contributed by atoms with Gasteiger partial charge < -0.3 is 15.3 Å². The highest BCUT2D eigenvalue weighted by atomic mass is 19.4. The van der Waals surface area contributed by atoms with E-state index >= 15 is 0 Å². The Bertz CT molecular complexity index is 282. The number of hydrogen-bond donors (Lipinski definition) is 2. The molecule has 1 saturated heterocycles. The molecule has 1 rings (SSSR count). The second kappa shape index (κ2) is 6.26. The zero-order chi connectivity index (χ0) is 13.8. The number of piperidine rings is 1. The molecule has 0 spiro atoms. The lowest BCUT2D eigenvalue weighted by Crippen LogP contribution is -2.51. The summed E-state index contributed by atoms with van der Waals surface area (Å²) < 4.78 is 36.1. The number of aliphatic hydroxyl groups is 1. The first-order valence-corrected chi connectivity index (χ1v) is 6.09. The lowest BCUT2D eigenvalue weighted by atomic mass is 9.98. The molecule has 2 unspecified atom stereocenters. The highest BCUT2D eigenvalue weighted by molar-refractivity contribution is 5.74. The second-order valence-corrected chi connectivity index (χ2v) is 4.70. The van der Waals surface area contributed by atoms with Crippen LogP contribution in [0, 0.1) is 0 Å². The summed E-state index contributed by atoms with van der Waals surface area (Å²) in [6, 6.07) is -0.871. The Morgan fingerprint density at radius 3 is 2.72 bits per heavy atom. The van der Waals surface area contributed by atoms with Gasteiger partial charge in [0.1, 0.15) is 6.54 Å². The number of rotatable bonds is 3. The Labute approximate surface area is 104 Å². The van der Waals surface area contributed by atoms with Gasteiger partial charge >= 0.3 is 12.2 Å². The quantitative estimate of drug-likeness (QED) is 0.821. The molecule has 0 aromatic carbocycles. The van der Waals surface area contributed by atoms with Gasteiger partial charge in [-0.2, -0.15) is 13.2 Å². The topological polar surface area (TPSA) is 52.6 Å². The average molecular weight is 268 g/mol. The molecule has 1 heterocycles. The summed E-state index contributed by atoms with van der Waals surface area (Å²) >= 11 is 0. The number of halogens is 3. The fraction of sp³-hybridized carbons (Fsp3) is 0.909. The largest absolute Gasteiger partial charge is 0.405 e. The van der Waals surface area contributed by atoms with Crippen LogP contribution < -0.4 is 5.32 Å². The lowest BCUT2D eigenvalue weighted by molar-refractivity contribution is -0.123. The Kier molecular flexibility index (Phi) is 5.25. The maximum Gasteiger partial charge on any atom is 0.405 e. The van der Waals surface area contributed by atoms with E-state index in [9.17, 15) is 23.1 Å². The molecule has 106 valence electrons. The highest BCUT2D eigenvalue weighted by Gasteiger charge is 2.32. The molecule has 0 radical (unpaired) electrons. The van der Waals surface area contributed by atoms with E-state index in [-0.39, 0.29) is 6.04 Å². The van der Waals surface area contributed by atoms with Crippen LogP contribution in [0.5, 0.6) is 0 Å². The minimum Gasteiger partial charge on any atom is -0.393 e. The van der Waals surface area contributed by atoms with Crippen LogP contribution in [0.4, 0.5) is 18.0 Å². The van der Waals surface area contributed by atoms with Crippen LogP contribution in [0.15, 0.2) is 0 Å². The highest BCUT2D eigenvalue weighted by Crippen LogP contribution is 2.21. The Morgan fingerprint density at radius 2 is 2.17 bits per heavy atom. The number of nitrogens with one attached hydrogen (secondary N) is 1. The first-order chi connectivity index (χ1) is 8.29. The molecule has 0 aromatic heterocycles. The summed E-state index contributed by atoms with van der Waals surface area (Å²) in [6.45, 7) is 0.741. The van der Waals surface area contributed by atoms with Crippen molar-refractivity contribution in [1.29, 1.82) is 0 Å². The first-order valence-electron chi connectivity index (χ1n) is 6.09. The predicted molar refractivity (Wildman–Crippen MR) is 60.1 cm³/mol. The molecule has 0 saturated carbocycles. The van der Waals surface area contributed by atoms with Crippen molar-refractivity contribution in [2.75, 3.05) is 13.1 Å². The van der Waals surface area contributed by atoms with Gasteiger partial charge in [-0.25, -0.2) is 4.79 Å². The van der Waals surface area contributed by atoms with Gasteiger partial charge in [-0.1, -0.05) is 0 Å². The number of carbonyl (C=O) groups is 1. The van der Waals surface area contributed by atoms with Crippen LogP contribution in [0.2, 0.25) is 0 Å². The normalized spacial score (nSPS) is 22.7. The first kappa shape index (κ1) is 15.1. The van der Waals surface area contributed by atoms with Crippen LogP contribution in [-0.2, 0) is 0 Å². The third kappa shape index (κ3) is 5.12. The number of urea groups is 1. The Balaban J connectivity index is 2.52. The Hall–Kier alpha value is -0.980. The summed E-state index contributed by atoms with van der Waals surface area (Å²) in [5.74, 6) is 0. The van der Waals surface area contributed by atoms with Crippen molar-refractivity contribution in [2.45, 2.75) is 50.9 Å². The van der Waals surface area contributed by atoms with Crippen molar-refractivity contribution in [3.63, 3.8) is 0 Å². The molecule has 0 bridgehead atoms. The smallest absolute Gasteiger partial charge is 0.393 e. The molecule has 1 aliphatic heterocycles. The van der Waals surface area contributed by atoms with Gasteiger partial charge in [0.2, 0.25) is 0 Å². The van der Waals surface area contributed by atoms with Crippen LogP contribution in [0.25, 0.3) is 0 Å². The molecule has 7 heteroatoms. The van der Waals surface area contributed by atoms with Gasteiger partial charge in [0.15, 0.2) is 0 Å². The molecule has 0 aliphatic carbocycles. The van der Waals surface area contributed by atoms with Gasteiger partial charge in [-0.15, -0.1) is 0 Å². The number of aliphatic hydroxyl groups excluding tert-OH is 1.